The molecular formula is C13H25N. The smallest absolute Gasteiger partial charge is 0.0175 e. The Bertz CT molecular complexity index is 190. The molecule has 0 saturated carbocycles. The molecule has 0 aliphatic carbocycles. The van der Waals surface area contributed by atoms with E-state index < -0.39 is 0 Å². The summed E-state index contributed by atoms with van der Waals surface area (Å²) in [6, 6.07) is 0.741. The van der Waals surface area contributed by atoms with E-state index in [1.165, 1.54) is 25.9 Å². The fourth-order valence-electron chi connectivity index (χ4n) is 3.00. The van der Waals surface area contributed by atoms with Gasteiger partial charge in [-0.25, -0.2) is 0 Å². The highest BCUT2D eigenvalue weighted by molar-refractivity contribution is 4.96. The maximum Gasteiger partial charge on any atom is 0.0175 e. The van der Waals surface area contributed by atoms with Crippen LogP contribution in [0.1, 0.15) is 40.5 Å². The van der Waals surface area contributed by atoms with E-state index in [9.17, 15) is 0 Å². The summed E-state index contributed by atoms with van der Waals surface area (Å²) in [7, 11) is 0. The minimum Gasteiger partial charge on any atom is -0.300 e. The van der Waals surface area contributed by atoms with Crippen LogP contribution in [0.3, 0.4) is 0 Å². The molecule has 1 fully saturated rings. The number of likely N-dealkylation sites (tertiary alicyclic amines) is 1. The van der Waals surface area contributed by atoms with Crippen molar-refractivity contribution in [1.29, 1.82) is 0 Å². The van der Waals surface area contributed by atoms with Gasteiger partial charge in [-0.2, -0.15) is 0 Å². The number of allylic oxidation sites excluding steroid dienone is 1. The SMILES string of the molecule is C=CCC1CCN(CC)C1C(C)(C)C. The molecule has 0 aromatic heterocycles. The van der Waals surface area contributed by atoms with Crippen LogP contribution in [0.4, 0.5) is 0 Å². The third-order valence-electron chi connectivity index (χ3n) is 3.39. The highest BCUT2D eigenvalue weighted by Gasteiger charge is 2.39. The Morgan fingerprint density at radius 2 is 2.07 bits per heavy atom. The summed E-state index contributed by atoms with van der Waals surface area (Å²) in [4.78, 5) is 2.63. The Morgan fingerprint density at radius 1 is 1.43 bits per heavy atom. The molecule has 14 heavy (non-hydrogen) atoms. The maximum atomic E-state index is 3.87. The standard InChI is InChI=1S/C13H25N/c1-6-8-11-9-10-14(7-2)12(11)13(3,4)5/h6,11-12H,1,7-10H2,2-5H3. The summed E-state index contributed by atoms with van der Waals surface area (Å²) >= 11 is 0. The summed E-state index contributed by atoms with van der Waals surface area (Å²) in [5.74, 6) is 0.826. The zero-order valence-electron chi connectivity index (χ0n) is 10.2. The van der Waals surface area contributed by atoms with Crippen LogP contribution < -0.4 is 0 Å². The van der Waals surface area contributed by atoms with E-state index in [-0.39, 0.29) is 0 Å². The molecule has 0 spiro atoms. The first-order valence-electron chi connectivity index (χ1n) is 5.85. The number of hydrogen-bond donors (Lipinski definition) is 0. The van der Waals surface area contributed by atoms with E-state index >= 15 is 0 Å². The quantitative estimate of drug-likeness (QED) is 0.624. The molecule has 0 bridgehead atoms. The second-order valence-electron chi connectivity index (χ2n) is 5.51. The van der Waals surface area contributed by atoms with Gasteiger partial charge in [0.2, 0.25) is 0 Å². The van der Waals surface area contributed by atoms with E-state index in [0.29, 0.717) is 5.41 Å². The Labute approximate surface area is 89.2 Å². The van der Waals surface area contributed by atoms with Crippen LogP contribution >= 0.6 is 0 Å². The fourth-order valence-corrected chi connectivity index (χ4v) is 3.00. The lowest BCUT2D eigenvalue weighted by Crippen LogP contribution is -2.42. The van der Waals surface area contributed by atoms with Crippen molar-refractivity contribution in [2.45, 2.75) is 46.6 Å². The summed E-state index contributed by atoms with van der Waals surface area (Å²) in [5, 5.41) is 0. The van der Waals surface area contributed by atoms with Gasteiger partial charge < -0.3 is 0 Å². The van der Waals surface area contributed by atoms with E-state index in [2.05, 4.69) is 45.2 Å². The average molecular weight is 195 g/mol. The van der Waals surface area contributed by atoms with Gasteiger partial charge in [-0.05, 0) is 37.3 Å². The molecular weight excluding hydrogens is 170 g/mol. The first-order chi connectivity index (χ1) is 6.50. The monoisotopic (exact) mass is 195 g/mol. The molecule has 2 unspecified atom stereocenters. The van der Waals surface area contributed by atoms with Gasteiger partial charge >= 0.3 is 0 Å². The largest absolute Gasteiger partial charge is 0.300 e. The lowest BCUT2D eigenvalue weighted by atomic mass is 9.78. The van der Waals surface area contributed by atoms with Gasteiger partial charge in [0, 0.05) is 6.04 Å². The molecule has 0 aromatic carbocycles. The van der Waals surface area contributed by atoms with E-state index in [1.807, 2.05) is 0 Å². The summed E-state index contributed by atoms with van der Waals surface area (Å²) in [6.07, 6.45) is 4.61. The lowest BCUT2D eigenvalue weighted by Gasteiger charge is -2.38. The number of rotatable bonds is 3. The Kier molecular flexibility index (Phi) is 3.77. The second-order valence-corrected chi connectivity index (χ2v) is 5.51. The first kappa shape index (κ1) is 11.8. The molecule has 1 heteroatoms. The van der Waals surface area contributed by atoms with Crippen LogP contribution in [0, 0.1) is 11.3 Å². The highest BCUT2D eigenvalue weighted by atomic mass is 15.2. The highest BCUT2D eigenvalue weighted by Crippen LogP contribution is 2.38. The molecule has 0 amide bonds. The molecule has 2 atom stereocenters. The zero-order valence-corrected chi connectivity index (χ0v) is 10.2. The molecule has 1 nitrogen and oxygen atoms in total. The molecule has 0 N–H and O–H groups in total. The van der Waals surface area contributed by atoms with Crippen molar-refractivity contribution >= 4 is 0 Å². The minimum atomic E-state index is 0.403. The molecule has 1 rings (SSSR count). The van der Waals surface area contributed by atoms with Gasteiger partial charge in [0.05, 0.1) is 0 Å². The van der Waals surface area contributed by atoms with Gasteiger partial charge in [-0.3, -0.25) is 4.90 Å². The molecule has 1 aliphatic rings. The lowest BCUT2D eigenvalue weighted by molar-refractivity contribution is 0.116. The molecule has 82 valence electrons. The first-order valence-corrected chi connectivity index (χ1v) is 5.85. The van der Waals surface area contributed by atoms with Crippen molar-refractivity contribution in [3.63, 3.8) is 0 Å². The Balaban J connectivity index is 2.75. The van der Waals surface area contributed by atoms with E-state index in [4.69, 9.17) is 0 Å². The van der Waals surface area contributed by atoms with Crippen LogP contribution in [0.15, 0.2) is 12.7 Å². The second kappa shape index (κ2) is 4.48. The predicted molar refractivity (Wildman–Crippen MR) is 63.4 cm³/mol. The summed E-state index contributed by atoms with van der Waals surface area (Å²) in [6.45, 7) is 15.7. The maximum absolute atomic E-state index is 3.87. The van der Waals surface area contributed by atoms with E-state index in [1.54, 1.807) is 0 Å². The minimum absolute atomic E-state index is 0.403. The van der Waals surface area contributed by atoms with E-state index in [0.717, 1.165) is 12.0 Å². The van der Waals surface area contributed by atoms with Crippen molar-refractivity contribution in [2.24, 2.45) is 11.3 Å². The van der Waals surface area contributed by atoms with Crippen LogP contribution in [-0.4, -0.2) is 24.0 Å². The van der Waals surface area contributed by atoms with Crippen molar-refractivity contribution in [3.8, 4) is 0 Å². The van der Waals surface area contributed by atoms with Crippen molar-refractivity contribution in [1.82, 2.24) is 4.90 Å². The third kappa shape index (κ3) is 2.38. The van der Waals surface area contributed by atoms with Gasteiger partial charge in [0.15, 0.2) is 0 Å². The molecule has 0 aromatic rings. The Hall–Kier alpha value is -0.300. The van der Waals surface area contributed by atoms with Crippen LogP contribution in [-0.2, 0) is 0 Å². The van der Waals surface area contributed by atoms with Gasteiger partial charge in [0.25, 0.3) is 0 Å². The molecule has 0 radical (unpaired) electrons. The number of nitrogens with zero attached hydrogens (tertiary/aromatic N) is 1. The predicted octanol–water partition coefficient (Wildman–Crippen LogP) is 3.32. The number of hydrogen-bond acceptors (Lipinski definition) is 1. The van der Waals surface area contributed by atoms with Crippen molar-refractivity contribution in [3.05, 3.63) is 12.7 Å². The average Bonchev–Trinajstić information content (AvgIpc) is 2.47. The molecule has 1 saturated heterocycles. The van der Waals surface area contributed by atoms with Gasteiger partial charge in [-0.15, -0.1) is 6.58 Å². The van der Waals surface area contributed by atoms with Gasteiger partial charge in [-0.1, -0.05) is 33.8 Å². The molecule has 1 aliphatic heterocycles. The summed E-state index contributed by atoms with van der Waals surface area (Å²) < 4.78 is 0. The Morgan fingerprint density at radius 3 is 2.50 bits per heavy atom. The zero-order chi connectivity index (χ0) is 10.8. The van der Waals surface area contributed by atoms with Crippen molar-refractivity contribution < 1.29 is 0 Å². The summed E-state index contributed by atoms with van der Waals surface area (Å²) in [5.41, 5.74) is 0.403. The third-order valence-corrected chi connectivity index (χ3v) is 3.39. The fraction of sp³-hybridized carbons (Fsp3) is 0.846. The normalized spacial score (nSPS) is 29.4. The topological polar surface area (TPSA) is 3.24 Å². The van der Waals surface area contributed by atoms with Gasteiger partial charge in [0.1, 0.15) is 0 Å². The van der Waals surface area contributed by atoms with Crippen LogP contribution in [0.5, 0.6) is 0 Å². The van der Waals surface area contributed by atoms with Crippen LogP contribution in [0.25, 0.3) is 0 Å². The van der Waals surface area contributed by atoms with Crippen molar-refractivity contribution in [2.75, 3.05) is 13.1 Å². The molecule has 1 heterocycles. The van der Waals surface area contributed by atoms with Crippen LogP contribution in [0.2, 0.25) is 0 Å².